The summed E-state index contributed by atoms with van der Waals surface area (Å²) in [7, 11) is 0. The van der Waals surface area contributed by atoms with Crippen molar-refractivity contribution in [3.05, 3.63) is 44.9 Å². The summed E-state index contributed by atoms with van der Waals surface area (Å²) < 4.78 is 0. The molecule has 2 aromatic rings. The Morgan fingerprint density at radius 2 is 1.79 bits per heavy atom. The lowest BCUT2D eigenvalue weighted by molar-refractivity contribution is -0.131. The van der Waals surface area contributed by atoms with Crippen LogP contribution in [-0.4, -0.2) is 59.3 Å². The number of amides is 2. The van der Waals surface area contributed by atoms with E-state index in [1.807, 2.05) is 4.90 Å². The van der Waals surface area contributed by atoms with E-state index in [0.29, 0.717) is 22.3 Å². The highest BCUT2D eigenvalue weighted by Gasteiger charge is 2.24. The van der Waals surface area contributed by atoms with Crippen LogP contribution in [0.2, 0.25) is 5.02 Å². The van der Waals surface area contributed by atoms with Gasteiger partial charge in [-0.1, -0.05) is 11.6 Å². The van der Waals surface area contributed by atoms with E-state index < -0.39 is 0 Å². The smallest absolute Gasteiger partial charge is 0.284 e. The number of thiazole rings is 1. The number of hydrogen-bond donors (Lipinski definition) is 1. The fourth-order valence-corrected chi connectivity index (χ4v) is 4.76. The fourth-order valence-electron chi connectivity index (χ4n) is 3.64. The second-order valence-electron chi connectivity index (χ2n) is 7.21. The molecule has 2 aliphatic rings. The molecule has 1 aromatic carbocycles. The molecule has 28 heavy (non-hydrogen) atoms. The van der Waals surface area contributed by atoms with E-state index in [1.165, 1.54) is 11.3 Å². The van der Waals surface area contributed by atoms with E-state index in [4.69, 9.17) is 11.6 Å². The van der Waals surface area contributed by atoms with Crippen molar-refractivity contribution >= 4 is 40.4 Å². The van der Waals surface area contributed by atoms with Gasteiger partial charge in [0.25, 0.3) is 5.91 Å². The Morgan fingerprint density at radius 3 is 2.54 bits per heavy atom. The Kier molecular flexibility index (Phi) is 5.94. The minimum Gasteiger partial charge on any atom is -0.342 e. The Bertz CT molecular complexity index is 836. The molecule has 148 valence electrons. The van der Waals surface area contributed by atoms with Gasteiger partial charge in [-0.05, 0) is 43.5 Å². The summed E-state index contributed by atoms with van der Waals surface area (Å²) in [4.78, 5) is 34.8. The van der Waals surface area contributed by atoms with Crippen molar-refractivity contribution in [1.82, 2.24) is 14.8 Å². The molecule has 8 heteroatoms. The normalized spacial score (nSPS) is 17.2. The number of aromatic nitrogens is 1. The highest BCUT2D eigenvalue weighted by atomic mass is 35.5. The maximum Gasteiger partial charge on any atom is 0.284 e. The second-order valence-corrected chi connectivity index (χ2v) is 8.73. The van der Waals surface area contributed by atoms with Crippen LogP contribution < -0.4 is 5.32 Å². The molecule has 0 spiro atoms. The number of fused-ring (bicyclic) bond motifs is 1. The third kappa shape index (κ3) is 4.54. The first-order chi connectivity index (χ1) is 13.6. The summed E-state index contributed by atoms with van der Waals surface area (Å²) in [6.45, 7) is 3.90. The lowest BCUT2D eigenvalue weighted by Gasteiger charge is -2.23. The quantitative estimate of drug-likeness (QED) is 0.828. The number of carbonyl (C=O) groups excluding carboxylic acids is 2. The number of rotatable bonds is 4. The van der Waals surface area contributed by atoms with Crippen molar-refractivity contribution in [3.8, 4) is 0 Å². The van der Waals surface area contributed by atoms with E-state index in [2.05, 4.69) is 15.2 Å². The third-order valence-corrected chi connectivity index (χ3v) is 6.62. The van der Waals surface area contributed by atoms with Gasteiger partial charge in [-0.25, -0.2) is 4.98 Å². The molecule has 1 saturated heterocycles. The van der Waals surface area contributed by atoms with Gasteiger partial charge in [0.1, 0.15) is 0 Å². The second kappa shape index (κ2) is 8.59. The van der Waals surface area contributed by atoms with Gasteiger partial charge >= 0.3 is 0 Å². The summed E-state index contributed by atoms with van der Waals surface area (Å²) in [5.41, 5.74) is 1.69. The molecule has 1 N–H and O–H groups in total. The molecular formula is C20H23ClN4O2S. The molecular weight excluding hydrogens is 396 g/mol. The van der Waals surface area contributed by atoms with Crippen molar-refractivity contribution in [2.24, 2.45) is 0 Å². The van der Waals surface area contributed by atoms with Crippen LogP contribution in [-0.2, 0) is 17.6 Å². The standard InChI is InChI=1S/C20H23ClN4O2S/c21-14-3-5-15(6-4-14)22-19(27)20-23-16-7-11-24(12-8-17(16)28-20)13-18(26)25-9-1-2-10-25/h3-6H,1-2,7-13H2,(H,22,27). The Hall–Kier alpha value is -1.96. The number of benzene rings is 1. The van der Waals surface area contributed by atoms with Crippen molar-refractivity contribution in [2.45, 2.75) is 25.7 Å². The van der Waals surface area contributed by atoms with Gasteiger partial charge in [0.15, 0.2) is 5.01 Å². The van der Waals surface area contributed by atoms with E-state index >= 15 is 0 Å². The van der Waals surface area contributed by atoms with Gasteiger partial charge in [-0.3, -0.25) is 14.5 Å². The molecule has 4 rings (SSSR count). The molecule has 0 aliphatic carbocycles. The van der Waals surface area contributed by atoms with E-state index in [0.717, 1.165) is 62.4 Å². The predicted molar refractivity (Wildman–Crippen MR) is 111 cm³/mol. The maximum atomic E-state index is 12.5. The van der Waals surface area contributed by atoms with Crippen LogP contribution in [0.15, 0.2) is 24.3 Å². The molecule has 0 bridgehead atoms. The molecule has 2 amide bonds. The van der Waals surface area contributed by atoms with Gasteiger partial charge < -0.3 is 10.2 Å². The van der Waals surface area contributed by atoms with Gasteiger partial charge in [-0.15, -0.1) is 11.3 Å². The number of carbonyl (C=O) groups is 2. The lowest BCUT2D eigenvalue weighted by Crippen LogP contribution is -2.40. The van der Waals surface area contributed by atoms with Crippen molar-refractivity contribution in [1.29, 1.82) is 0 Å². The molecule has 2 aliphatic heterocycles. The van der Waals surface area contributed by atoms with Crippen molar-refractivity contribution in [2.75, 3.05) is 38.0 Å². The van der Waals surface area contributed by atoms with E-state index in [-0.39, 0.29) is 11.8 Å². The number of nitrogens with one attached hydrogen (secondary N) is 1. The molecule has 0 saturated carbocycles. The molecule has 3 heterocycles. The van der Waals surface area contributed by atoms with Gasteiger partial charge in [0, 0.05) is 48.2 Å². The maximum absolute atomic E-state index is 12.5. The lowest BCUT2D eigenvalue weighted by atomic mass is 10.2. The Balaban J connectivity index is 1.35. The molecule has 0 atom stereocenters. The third-order valence-electron chi connectivity index (χ3n) is 5.21. The molecule has 1 fully saturated rings. The first-order valence-corrected chi connectivity index (χ1v) is 10.8. The minimum atomic E-state index is -0.193. The van der Waals surface area contributed by atoms with Crippen LogP contribution in [0.25, 0.3) is 0 Å². The summed E-state index contributed by atoms with van der Waals surface area (Å²) in [5.74, 6) is 0.0419. The number of hydrogen-bond acceptors (Lipinski definition) is 5. The van der Waals surface area contributed by atoms with Crippen LogP contribution in [0.1, 0.15) is 33.2 Å². The SMILES string of the molecule is O=C(Nc1ccc(Cl)cc1)c1nc2c(s1)CCN(CC(=O)N1CCCC1)CC2. The van der Waals surface area contributed by atoms with Crippen LogP contribution in [0.5, 0.6) is 0 Å². The number of anilines is 1. The molecule has 0 radical (unpaired) electrons. The number of likely N-dealkylation sites (tertiary alicyclic amines) is 1. The Labute approximate surface area is 173 Å². The van der Waals surface area contributed by atoms with Crippen molar-refractivity contribution in [3.63, 3.8) is 0 Å². The fraction of sp³-hybridized carbons (Fsp3) is 0.450. The minimum absolute atomic E-state index is 0.193. The summed E-state index contributed by atoms with van der Waals surface area (Å²) in [5, 5.41) is 3.98. The monoisotopic (exact) mass is 418 g/mol. The molecule has 0 unspecified atom stereocenters. The van der Waals surface area contributed by atoms with Crippen LogP contribution >= 0.6 is 22.9 Å². The first kappa shape index (κ1) is 19.4. The van der Waals surface area contributed by atoms with Crippen LogP contribution in [0, 0.1) is 0 Å². The van der Waals surface area contributed by atoms with Gasteiger partial charge in [-0.2, -0.15) is 0 Å². The zero-order chi connectivity index (χ0) is 19.5. The van der Waals surface area contributed by atoms with Crippen molar-refractivity contribution < 1.29 is 9.59 Å². The van der Waals surface area contributed by atoms with E-state index in [9.17, 15) is 9.59 Å². The van der Waals surface area contributed by atoms with Crippen LogP contribution in [0.3, 0.4) is 0 Å². The predicted octanol–water partition coefficient (Wildman–Crippen LogP) is 3.07. The summed E-state index contributed by atoms with van der Waals surface area (Å²) in [6, 6.07) is 7.03. The Morgan fingerprint density at radius 1 is 1.07 bits per heavy atom. The average molecular weight is 419 g/mol. The summed E-state index contributed by atoms with van der Waals surface area (Å²) >= 11 is 7.33. The zero-order valence-electron chi connectivity index (χ0n) is 15.6. The molecule has 1 aromatic heterocycles. The van der Waals surface area contributed by atoms with Crippen LogP contribution in [0.4, 0.5) is 5.69 Å². The number of nitrogens with zero attached hydrogens (tertiary/aromatic N) is 3. The zero-order valence-corrected chi connectivity index (χ0v) is 17.2. The molecule has 6 nitrogen and oxygen atoms in total. The van der Waals surface area contributed by atoms with Gasteiger partial charge in [0.05, 0.1) is 12.2 Å². The number of halogens is 1. The average Bonchev–Trinajstić information content (AvgIpc) is 3.33. The topological polar surface area (TPSA) is 65.5 Å². The largest absolute Gasteiger partial charge is 0.342 e. The highest BCUT2D eigenvalue weighted by Crippen LogP contribution is 2.24. The van der Waals surface area contributed by atoms with E-state index in [1.54, 1.807) is 24.3 Å². The first-order valence-electron chi connectivity index (χ1n) is 9.64. The highest BCUT2D eigenvalue weighted by molar-refractivity contribution is 7.13. The van der Waals surface area contributed by atoms with Gasteiger partial charge in [0.2, 0.25) is 5.91 Å². The summed E-state index contributed by atoms with van der Waals surface area (Å²) in [6.07, 6.45) is 3.84.